The van der Waals surface area contributed by atoms with E-state index in [4.69, 9.17) is 4.74 Å². The Balaban J connectivity index is 1.26. The lowest BCUT2D eigenvalue weighted by Gasteiger charge is -2.41. The summed E-state index contributed by atoms with van der Waals surface area (Å²) in [5.74, 6) is -1.99. The van der Waals surface area contributed by atoms with E-state index in [0.29, 0.717) is 17.7 Å². The summed E-state index contributed by atoms with van der Waals surface area (Å²) < 4.78 is 49.3. The van der Waals surface area contributed by atoms with Gasteiger partial charge in [0.1, 0.15) is 17.7 Å². The number of aryl methyl sites for hydroxylation is 2. The van der Waals surface area contributed by atoms with Gasteiger partial charge < -0.3 is 9.64 Å². The number of carbonyl (C=O) groups excluding carboxylic acids is 1. The quantitative estimate of drug-likeness (QED) is 0.558. The molecule has 1 unspecified atom stereocenters. The Morgan fingerprint density at radius 1 is 1.09 bits per heavy atom. The number of pyridine rings is 1. The van der Waals surface area contributed by atoms with Crippen LogP contribution in [0.25, 0.3) is 11.3 Å². The first-order chi connectivity index (χ1) is 16.7. The van der Waals surface area contributed by atoms with Crippen molar-refractivity contribution < 1.29 is 22.7 Å². The van der Waals surface area contributed by atoms with E-state index in [-0.39, 0.29) is 18.8 Å². The summed E-state index contributed by atoms with van der Waals surface area (Å²) >= 11 is 0. The predicted molar refractivity (Wildman–Crippen MR) is 121 cm³/mol. The normalized spacial score (nSPS) is 17.7. The zero-order valence-electron chi connectivity index (χ0n) is 19.4. The van der Waals surface area contributed by atoms with E-state index in [1.807, 2.05) is 20.9 Å². The first-order valence-corrected chi connectivity index (χ1v) is 11.1. The number of likely N-dealkylation sites (tertiary alicyclic amines) is 1. The van der Waals surface area contributed by atoms with Crippen LogP contribution in [-0.2, 0) is 7.05 Å². The Hall–Kier alpha value is -3.89. The number of ether oxygens (including phenoxy) is 1. The monoisotopic (exact) mass is 484 g/mol. The van der Waals surface area contributed by atoms with E-state index < -0.39 is 35.6 Å². The average Bonchev–Trinajstić information content (AvgIpc) is 3.35. The third kappa shape index (κ3) is 4.22. The van der Waals surface area contributed by atoms with E-state index in [1.165, 1.54) is 34.3 Å². The number of hydrazone groups is 1. The maximum Gasteiger partial charge on any atom is 0.341 e. The van der Waals surface area contributed by atoms with Crippen molar-refractivity contribution >= 4 is 12.2 Å². The Labute approximate surface area is 199 Å². The number of hydrogen-bond donors (Lipinski definition) is 0. The van der Waals surface area contributed by atoms with E-state index in [9.17, 15) is 18.0 Å². The second kappa shape index (κ2) is 8.71. The summed E-state index contributed by atoms with van der Waals surface area (Å²) in [6, 6.07) is 3.70. The molecule has 0 radical (unpaired) electrons. The molecule has 0 spiro atoms. The van der Waals surface area contributed by atoms with Crippen molar-refractivity contribution in [2.24, 2.45) is 12.1 Å². The Bertz CT molecular complexity index is 1310. The largest absolute Gasteiger partial charge is 0.483 e. The minimum atomic E-state index is -0.716. The number of rotatable bonds is 4. The number of carbonyl (C=O) groups is 1. The number of benzene rings is 1. The Morgan fingerprint density at radius 3 is 2.46 bits per heavy atom. The molecule has 1 saturated heterocycles. The number of amides is 2. The van der Waals surface area contributed by atoms with Gasteiger partial charge in [0.2, 0.25) is 0 Å². The van der Waals surface area contributed by atoms with Crippen LogP contribution in [0.5, 0.6) is 5.75 Å². The molecule has 1 atom stereocenters. The smallest absolute Gasteiger partial charge is 0.341 e. The standard InChI is InChI=1S/C24H23F3N6O2/c1-13-23(14(2)31(3)30-13)20-9-22(19(27)10-28-20)35-18-11-32(12-18)24(34)33-21(4-5-29-33)15-6-16(25)8-17(26)7-15/h5-10,18,21H,4,11-12H2,1-3H3. The highest BCUT2D eigenvalue weighted by molar-refractivity contribution is 5.79. The summed E-state index contributed by atoms with van der Waals surface area (Å²) in [5, 5.41) is 9.68. The summed E-state index contributed by atoms with van der Waals surface area (Å²) in [6.07, 6.45) is 2.58. The molecular formula is C24H23F3N6O2. The molecule has 2 aliphatic rings. The molecule has 0 N–H and O–H groups in total. The fourth-order valence-corrected chi connectivity index (χ4v) is 4.43. The van der Waals surface area contributed by atoms with Gasteiger partial charge >= 0.3 is 6.03 Å². The van der Waals surface area contributed by atoms with Crippen LogP contribution in [0.15, 0.2) is 35.6 Å². The maximum atomic E-state index is 14.4. The summed E-state index contributed by atoms with van der Waals surface area (Å²) in [4.78, 5) is 18.6. The van der Waals surface area contributed by atoms with Crippen LogP contribution in [-0.4, -0.2) is 56.1 Å². The molecule has 4 heterocycles. The average molecular weight is 484 g/mol. The van der Waals surface area contributed by atoms with Gasteiger partial charge in [0, 0.05) is 43.1 Å². The predicted octanol–water partition coefficient (Wildman–Crippen LogP) is 4.13. The number of nitrogens with zero attached hydrogens (tertiary/aromatic N) is 6. The van der Waals surface area contributed by atoms with Crippen molar-refractivity contribution in [1.29, 1.82) is 0 Å². The molecule has 1 fully saturated rings. The van der Waals surface area contributed by atoms with Crippen molar-refractivity contribution in [1.82, 2.24) is 24.7 Å². The molecule has 1 aromatic carbocycles. The molecule has 0 saturated carbocycles. The van der Waals surface area contributed by atoms with E-state index >= 15 is 0 Å². The number of halogens is 3. The maximum absolute atomic E-state index is 14.4. The topological polar surface area (TPSA) is 75.8 Å². The summed E-state index contributed by atoms with van der Waals surface area (Å²) in [6.45, 7) is 4.20. The van der Waals surface area contributed by atoms with Gasteiger partial charge in [0.15, 0.2) is 11.6 Å². The van der Waals surface area contributed by atoms with E-state index in [2.05, 4.69) is 15.2 Å². The second-order valence-corrected chi connectivity index (χ2v) is 8.69. The first kappa shape index (κ1) is 22.9. The van der Waals surface area contributed by atoms with Crippen molar-refractivity contribution in [3.05, 3.63) is 64.9 Å². The van der Waals surface area contributed by atoms with Gasteiger partial charge in [-0.1, -0.05) is 0 Å². The van der Waals surface area contributed by atoms with Gasteiger partial charge in [-0.3, -0.25) is 9.67 Å². The molecule has 182 valence electrons. The minimum Gasteiger partial charge on any atom is -0.483 e. The molecule has 35 heavy (non-hydrogen) atoms. The molecule has 0 bridgehead atoms. The fraction of sp³-hybridized carbons (Fsp3) is 0.333. The number of aromatic nitrogens is 3. The lowest BCUT2D eigenvalue weighted by molar-refractivity contribution is 0.0256. The van der Waals surface area contributed by atoms with Crippen LogP contribution >= 0.6 is 0 Å². The molecule has 11 heteroatoms. The van der Waals surface area contributed by atoms with Gasteiger partial charge in [-0.05, 0) is 31.5 Å². The first-order valence-electron chi connectivity index (χ1n) is 11.1. The zero-order chi connectivity index (χ0) is 24.9. The summed E-state index contributed by atoms with van der Waals surface area (Å²) in [5.41, 5.74) is 3.36. The van der Waals surface area contributed by atoms with E-state index in [0.717, 1.165) is 29.2 Å². The van der Waals surface area contributed by atoms with Gasteiger partial charge in [0.25, 0.3) is 0 Å². The Kier molecular flexibility index (Phi) is 5.70. The second-order valence-electron chi connectivity index (χ2n) is 8.69. The third-order valence-electron chi connectivity index (χ3n) is 6.29. The van der Waals surface area contributed by atoms with Crippen molar-refractivity contribution in [2.45, 2.75) is 32.4 Å². The highest BCUT2D eigenvalue weighted by Gasteiger charge is 2.39. The van der Waals surface area contributed by atoms with Crippen LogP contribution in [0.3, 0.4) is 0 Å². The van der Waals surface area contributed by atoms with Gasteiger partial charge in [-0.25, -0.2) is 23.0 Å². The number of hydrogen-bond acceptors (Lipinski definition) is 5. The summed E-state index contributed by atoms with van der Waals surface area (Å²) in [7, 11) is 1.83. The van der Waals surface area contributed by atoms with Crippen molar-refractivity contribution in [3.8, 4) is 17.0 Å². The molecule has 8 nitrogen and oxygen atoms in total. The highest BCUT2D eigenvalue weighted by Crippen LogP contribution is 2.33. The van der Waals surface area contributed by atoms with Crippen LogP contribution in [0.2, 0.25) is 0 Å². The van der Waals surface area contributed by atoms with Gasteiger partial charge in [-0.15, -0.1) is 0 Å². The Morgan fingerprint density at radius 2 is 1.80 bits per heavy atom. The molecule has 2 aromatic heterocycles. The van der Waals surface area contributed by atoms with Crippen molar-refractivity contribution in [3.63, 3.8) is 0 Å². The van der Waals surface area contributed by atoms with Gasteiger partial charge in [-0.2, -0.15) is 10.2 Å². The van der Waals surface area contributed by atoms with E-state index in [1.54, 1.807) is 4.68 Å². The lowest BCUT2D eigenvalue weighted by Crippen LogP contribution is -2.58. The molecule has 5 rings (SSSR count). The molecule has 2 aliphatic heterocycles. The van der Waals surface area contributed by atoms with Gasteiger partial charge in [0.05, 0.1) is 36.7 Å². The van der Waals surface area contributed by atoms with Crippen LogP contribution < -0.4 is 4.74 Å². The fourth-order valence-electron chi connectivity index (χ4n) is 4.43. The SMILES string of the molecule is Cc1nn(C)c(C)c1-c1cc(OC2CN(C(=O)N3N=CCC3c3cc(F)cc(F)c3)C2)c(F)cn1. The molecule has 2 amide bonds. The molecule has 3 aromatic rings. The number of urea groups is 1. The third-order valence-corrected chi connectivity index (χ3v) is 6.29. The molecular weight excluding hydrogens is 461 g/mol. The highest BCUT2D eigenvalue weighted by atomic mass is 19.1. The van der Waals surface area contributed by atoms with Crippen molar-refractivity contribution in [2.75, 3.05) is 13.1 Å². The van der Waals surface area contributed by atoms with Crippen LogP contribution in [0.4, 0.5) is 18.0 Å². The minimum absolute atomic E-state index is 0.0436. The van der Waals surface area contributed by atoms with Crippen LogP contribution in [0, 0.1) is 31.3 Å². The molecule has 0 aliphatic carbocycles. The van der Waals surface area contributed by atoms with Crippen LogP contribution in [0.1, 0.15) is 29.4 Å². The lowest BCUT2D eigenvalue weighted by atomic mass is 10.0. The zero-order valence-corrected chi connectivity index (χ0v) is 19.4.